The van der Waals surface area contributed by atoms with E-state index in [1.807, 2.05) is 24.3 Å². The second-order valence-corrected chi connectivity index (χ2v) is 6.59. The molecule has 2 aliphatic rings. The van der Waals surface area contributed by atoms with Crippen LogP contribution in [0, 0.1) is 5.92 Å². The zero-order chi connectivity index (χ0) is 13.2. The van der Waals surface area contributed by atoms with E-state index in [1.54, 1.807) is 0 Å². The SMILES string of the molecule is CC(C)C/C=C/CN1C(=O)SC2(CC=CC2)C1=O. The number of thioether (sulfide) groups is 1. The van der Waals surface area contributed by atoms with Crippen LogP contribution in [0.25, 0.3) is 0 Å². The van der Waals surface area contributed by atoms with Crippen molar-refractivity contribution < 1.29 is 9.59 Å². The molecule has 1 aliphatic heterocycles. The van der Waals surface area contributed by atoms with Crippen molar-refractivity contribution in [3.8, 4) is 0 Å². The maximum Gasteiger partial charge on any atom is 0.289 e. The van der Waals surface area contributed by atoms with Gasteiger partial charge in [-0.3, -0.25) is 14.5 Å². The van der Waals surface area contributed by atoms with E-state index in [4.69, 9.17) is 0 Å². The van der Waals surface area contributed by atoms with E-state index in [1.165, 1.54) is 16.7 Å². The van der Waals surface area contributed by atoms with Gasteiger partial charge in [-0.25, -0.2) is 0 Å². The molecule has 0 atom stereocenters. The van der Waals surface area contributed by atoms with Gasteiger partial charge in [0.05, 0.1) is 0 Å². The van der Waals surface area contributed by atoms with E-state index in [0.29, 0.717) is 25.3 Å². The lowest BCUT2D eigenvalue weighted by Crippen LogP contribution is -2.37. The molecular formula is C14H19NO2S. The molecule has 1 saturated heterocycles. The Morgan fingerprint density at radius 1 is 1.33 bits per heavy atom. The first kappa shape index (κ1) is 13.4. The molecule has 0 aromatic rings. The summed E-state index contributed by atoms with van der Waals surface area (Å²) >= 11 is 1.20. The van der Waals surface area contributed by atoms with Crippen molar-refractivity contribution >= 4 is 22.9 Å². The minimum Gasteiger partial charge on any atom is -0.273 e. The number of nitrogens with zero attached hydrogens (tertiary/aromatic N) is 1. The lowest BCUT2D eigenvalue weighted by molar-refractivity contribution is -0.128. The van der Waals surface area contributed by atoms with Crippen molar-refractivity contribution in [2.24, 2.45) is 5.92 Å². The Bertz CT molecular complexity index is 404. The van der Waals surface area contributed by atoms with Crippen LogP contribution in [0.2, 0.25) is 0 Å². The molecule has 0 radical (unpaired) electrons. The van der Waals surface area contributed by atoms with E-state index in [-0.39, 0.29) is 11.1 Å². The number of carbonyl (C=O) groups is 2. The monoisotopic (exact) mass is 265 g/mol. The maximum atomic E-state index is 12.3. The first-order valence-electron chi connectivity index (χ1n) is 6.40. The molecule has 0 unspecified atom stereocenters. The third-order valence-electron chi connectivity index (χ3n) is 3.26. The van der Waals surface area contributed by atoms with Gasteiger partial charge in [-0.1, -0.05) is 38.2 Å². The number of imide groups is 1. The molecule has 1 heterocycles. The van der Waals surface area contributed by atoms with Crippen molar-refractivity contribution in [3.05, 3.63) is 24.3 Å². The zero-order valence-electron chi connectivity index (χ0n) is 10.9. The molecule has 0 N–H and O–H groups in total. The molecular weight excluding hydrogens is 246 g/mol. The summed E-state index contributed by atoms with van der Waals surface area (Å²) < 4.78 is -0.511. The number of carbonyl (C=O) groups excluding carboxylic acids is 2. The van der Waals surface area contributed by atoms with Gasteiger partial charge >= 0.3 is 0 Å². The van der Waals surface area contributed by atoms with Crippen LogP contribution in [0.15, 0.2) is 24.3 Å². The highest BCUT2D eigenvalue weighted by Crippen LogP contribution is 2.45. The summed E-state index contributed by atoms with van der Waals surface area (Å²) in [6.07, 6.45) is 10.3. The quantitative estimate of drug-likeness (QED) is 0.731. The molecule has 1 aliphatic carbocycles. The minimum atomic E-state index is -0.511. The number of hydrogen-bond acceptors (Lipinski definition) is 3. The maximum absolute atomic E-state index is 12.3. The molecule has 1 fully saturated rings. The van der Waals surface area contributed by atoms with E-state index in [0.717, 1.165) is 6.42 Å². The second kappa shape index (κ2) is 5.31. The normalized spacial score (nSPS) is 22.3. The van der Waals surface area contributed by atoms with Gasteiger partial charge in [0.25, 0.3) is 5.24 Å². The molecule has 0 bridgehead atoms. The van der Waals surface area contributed by atoms with Crippen molar-refractivity contribution in [1.82, 2.24) is 4.90 Å². The third-order valence-corrected chi connectivity index (χ3v) is 4.56. The Kier molecular flexibility index (Phi) is 3.95. The summed E-state index contributed by atoms with van der Waals surface area (Å²) in [4.78, 5) is 25.5. The number of allylic oxidation sites excluding steroid dienone is 3. The highest BCUT2D eigenvalue weighted by atomic mass is 32.2. The predicted octanol–water partition coefficient (Wildman–Crippen LogP) is 3.37. The Morgan fingerprint density at radius 3 is 2.61 bits per heavy atom. The molecule has 2 rings (SSSR count). The van der Waals surface area contributed by atoms with Crippen molar-refractivity contribution in [3.63, 3.8) is 0 Å². The van der Waals surface area contributed by atoms with Crippen molar-refractivity contribution in [2.75, 3.05) is 6.54 Å². The van der Waals surface area contributed by atoms with E-state index in [2.05, 4.69) is 13.8 Å². The van der Waals surface area contributed by atoms with Gasteiger partial charge in [-0.05, 0) is 36.9 Å². The fourth-order valence-electron chi connectivity index (χ4n) is 2.19. The molecule has 0 aromatic heterocycles. The second-order valence-electron chi connectivity index (χ2n) is 5.26. The van der Waals surface area contributed by atoms with Gasteiger partial charge in [0.1, 0.15) is 4.75 Å². The first-order valence-corrected chi connectivity index (χ1v) is 7.22. The molecule has 0 saturated carbocycles. The first-order chi connectivity index (χ1) is 8.55. The smallest absolute Gasteiger partial charge is 0.273 e. The van der Waals surface area contributed by atoms with Crippen LogP contribution in [0.1, 0.15) is 33.1 Å². The standard InChI is InChI=1S/C14H19NO2S/c1-11(2)7-3-6-10-15-12(16)14(18-13(15)17)8-4-5-9-14/h3-6,11H,7-10H2,1-2H3/b6-3+. The molecule has 98 valence electrons. The summed E-state index contributed by atoms with van der Waals surface area (Å²) in [6, 6.07) is 0. The van der Waals surface area contributed by atoms with Gasteiger partial charge in [-0.15, -0.1) is 0 Å². The zero-order valence-corrected chi connectivity index (χ0v) is 11.7. The summed E-state index contributed by atoms with van der Waals surface area (Å²) in [5, 5.41) is -0.0992. The summed E-state index contributed by atoms with van der Waals surface area (Å²) in [5.41, 5.74) is 0. The van der Waals surface area contributed by atoms with Gasteiger partial charge < -0.3 is 0 Å². The Balaban J connectivity index is 1.95. The summed E-state index contributed by atoms with van der Waals surface area (Å²) in [5.74, 6) is 0.586. The number of hydrogen-bond donors (Lipinski definition) is 0. The van der Waals surface area contributed by atoms with Gasteiger partial charge in [-0.2, -0.15) is 0 Å². The lowest BCUT2D eigenvalue weighted by Gasteiger charge is -2.18. The number of rotatable bonds is 4. The minimum absolute atomic E-state index is 0.0169. The lowest BCUT2D eigenvalue weighted by atomic mass is 10.0. The number of amides is 2. The van der Waals surface area contributed by atoms with E-state index >= 15 is 0 Å². The van der Waals surface area contributed by atoms with Crippen LogP contribution < -0.4 is 0 Å². The molecule has 3 nitrogen and oxygen atoms in total. The predicted molar refractivity (Wildman–Crippen MR) is 74.4 cm³/mol. The fraction of sp³-hybridized carbons (Fsp3) is 0.571. The highest BCUT2D eigenvalue weighted by Gasteiger charge is 2.52. The van der Waals surface area contributed by atoms with Gasteiger partial charge in [0.2, 0.25) is 5.91 Å². The average molecular weight is 265 g/mol. The fourth-order valence-corrected chi connectivity index (χ4v) is 3.35. The van der Waals surface area contributed by atoms with E-state index in [9.17, 15) is 9.59 Å². The third kappa shape index (κ3) is 2.53. The Labute approximate surface area is 112 Å². The molecule has 1 spiro atoms. The summed E-state index contributed by atoms with van der Waals surface area (Å²) in [6.45, 7) is 4.70. The van der Waals surface area contributed by atoms with Crippen molar-refractivity contribution in [1.29, 1.82) is 0 Å². The molecule has 18 heavy (non-hydrogen) atoms. The summed E-state index contributed by atoms with van der Waals surface area (Å²) in [7, 11) is 0. The highest BCUT2D eigenvalue weighted by molar-refractivity contribution is 8.16. The van der Waals surface area contributed by atoms with Crippen molar-refractivity contribution in [2.45, 2.75) is 37.9 Å². The molecule has 4 heteroatoms. The van der Waals surface area contributed by atoms with Gasteiger partial charge in [0, 0.05) is 6.54 Å². The Morgan fingerprint density at radius 2 is 2.00 bits per heavy atom. The van der Waals surface area contributed by atoms with Crippen LogP contribution in [-0.2, 0) is 4.79 Å². The molecule has 2 amide bonds. The van der Waals surface area contributed by atoms with Gasteiger partial charge in [0.15, 0.2) is 0 Å². The van der Waals surface area contributed by atoms with Crippen LogP contribution in [-0.4, -0.2) is 27.3 Å². The Hall–Kier alpha value is -1.03. The average Bonchev–Trinajstić information content (AvgIpc) is 2.85. The van der Waals surface area contributed by atoms with Crippen LogP contribution >= 0.6 is 11.8 Å². The van der Waals surface area contributed by atoms with Crippen LogP contribution in [0.4, 0.5) is 4.79 Å². The van der Waals surface area contributed by atoms with Crippen LogP contribution in [0.5, 0.6) is 0 Å². The molecule has 0 aromatic carbocycles. The largest absolute Gasteiger partial charge is 0.289 e. The topological polar surface area (TPSA) is 37.4 Å². The van der Waals surface area contributed by atoms with E-state index < -0.39 is 4.75 Å². The van der Waals surface area contributed by atoms with Crippen LogP contribution in [0.3, 0.4) is 0 Å².